The molecule has 0 fully saturated rings. The van der Waals surface area contributed by atoms with E-state index in [2.05, 4.69) is 15.3 Å². The van der Waals surface area contributed by atoms with E-state index in [0.29, 0.717) is 21.6 Å². The summed E-state index contributed by atoms with van der Waals surface area (Å²) < 4.78 is 1.73. The van der Waals surface area contributed by atoms with Gasteiger partial charge in [0.05, 0.1) is 22.5 Å². The van der Waals surface area contributed by atoms with Gasteiger partial charge in [-0.1, -0.05) is 11.6 Å². The van der Waals surface area contributed by atoms with Gasteiger partial charge in [0.15, 0.2) is 0 Å². The van der Waals surface area contributed by atoms with Crippen LogP contribution in [0, 0.1) is 13.8 Å². The van der Waals surface area contributed by atoms with Gasteiger partial charge in [-0.2, -0.15) is 10.2 Å². The lowest BCUT2D eigenvalue weighted by Gasteiger charge is -2.03. The van der Waals surface area contributed by atoms with Crippen LogP contribution in [0.15, 0.2) is 29.1 Å². The zero-order valence-corrected chi connectivity index (χ0v) is 11.2. The van der Waals surface area contributed by atoms with Gasteiger partial charge in [-0.25, -0.2) is 9.78 Å². The summed E-state index contributed by atoms with van der Waals surface area (Å²) in [6.45, 7) is 3.68. The molecule has 0 aliphatic carbocycles. The Labute approximate surface area is 113 Å². The lowest BCUT2D eigenvalue weighted by Crippen LogP contribution is -2.09. The second kappa shape index (κ2) is 4.20. The van der Waals surface area contributed by atoms with E-state index in [0.717, 1.165) is 11.4 Å². The SMILES string of the molecule is Cc1n[nH]c(=O)c2c(C)n(-c3ccc(Cl)cc3)nc12. The minimum absolute atomic E-state index is 0.224. The topological polar surface area (TPSA) is 63.6 Å². The Balaban J connectivity index is 2.34. The van der Waals surface area contributed by atoms with Crippen LogP contribution >= 0.6 is 11.6 Å². The molecule has 0 saturated heterocycles. The van der Waals surface area contributed by atoms with Gasteiger partial charge in [0.1, 0.15) is 5.52 Å². The van der Waals surface area contributed by atoms with E-state index in [9.17, 15) is 4.79 Å². The molecule has 2 heterocycles. The Morgan fingerprint density at radius 2 is 1.89 bits per heavy atom. The highest BCUT2D eigenvalue weighted by Crippen LogP contribution is 2.20. The first-order valence-electron chi connectivity index (χ1n) is 5.78. The fourth-order valence-electron chi connectivity index (χ4n) is 2.10. The van der Waals surface area contributed by atoms with Gasteiger partial charge in [-0.15, -0.1) is 0 Å². The van der Waals surface area contributed by atoms with Gasteiger partial charge in [0.25, 0.3) is 5.56 Å². The molecule has 1 N–H and O–H groups in total. The summed E-state index contributed by atoms with van der Waals surface area (Å²) >= 11 is 5.87. The highest BCUT2D eigenvalue weighted by atomic mass is 35.5. The minimum atomic E-state index is -0.224. The van der Waals surface area contributed by atoms with Crippen LogP contribution in [-0.4, -0.2) is 20.0 Å². The van der Waals surface area contributed by atoms with Gasteiger partial charge in [-0.05, 0) is 38.1 Å². The van der Waals surface area contributed by atoms with Crippen molar-refractivity contribution in [2.45, 2.75) is 13.8 Å². The van der Waals surface area contributed by atoms with Gasteiger partial charge in [-0.3, -0.25) is 4.79 Å². The maximum absolute atomic E-state index is 11.9. The molecular weight excluding hydrogens is 264 g/mol. The Morgan fingerprint density at radius 3 is 2.53 bits per heavy atom. The van der Waals surface area contributed by atoms with E-state index in [4.69, 9.17) is 11.6 Å². The molecule has 0 spiro atoms. The standard InChI is InChI=1S/C13H11ClN4O/c1-7-12-11(13(19)16-15-7)8(2)18(17-12)10-5-3-9(14)4-6-10/h3-6H,1-2H3,(H,16,19). The molecule has 0 unspecified atom stereocenters. The third kappa shape index (κ3) is 1.82. The molecule has 0 radical (unpaired) electrons. The number of halogens is 1. The summed E-state index contributed by atoms with van der Waals surface area (Å²) in [6, 6.07) is 7.30. The highest BCUT2D eigenvalue weighted by Gasteiger charge is 2.14. The van der Waals surface area contributed by atoms with E-state index in [-0.39, 0.29) is 5.56 Å². The Hall–Kier alpha value is -2.14. The third-order valence-corrected chi connectivity index (χ3v) is 3.33. The molecule has 0 saturated carbocycles. The predicted molar refractivity (Wildman–Crippen MR) is 74.0 cm³/mol. The second-order valence-corrected chi connectivity index (χ2v) is 4.77. The Bertz CT molecular complexity index is 817. The first-order chi connectivity index (χ1) is 9.08. The summed E-state index contributed by atoms with van der Waals surface area (Å²) in [4.78, 5) is 11.9. The average molecular weight is 275 g/mol. The molecule has 0 aliphatic rings. The number of nitrogens with zero attached hydrogens (tertiary/aromatic N) is 3. The highest BCUT2D eigenvalue weighted by molar-refractivity contribution is 6.30. The molecule has 96 valence electrons. The van der Waals surface area contributed by atoms with Gasteiger partial charge >= 0.3 is 0 Å². The van der Waals surface area contributed by atoms with Crippen molar-refractivity contribution in [3.63, 3.8) is 0 Å². The Kier molecular flexibility index (Phi) is 2.64. The molecule has 0 aliphatic heterocycles. The normalized spacial score (nSPS) is 11.1. The summed E-state index contributed by atoms with van der Waals surface area (Å²) in [5.74, 6) is 0. The molecule has 19 heavy (non-hydrogen) atoms. The van der Waals surface area contributed by atoms with E-state index < -0.39 is 0 Å². The number of rotatable bonds is 1. The van der Waals surface area contributed by atoms with Crippen LogP contribution in [0.2, 0.25) is 5.02 Å². The largest absolute Gasteiger partial charge is 0.275 e. The summed E-state index contributed by atoms with van der Waals surface area (Å²) in [5, 5.41) is 12.1. The van der Waals surface area contributed by atoms with E-state index in [1.165, 1.54) is 0 Å². The lowest BCUT2D eigenvalue weighted by molar-refractivity contribution is 0.858. The van der Waals surface area contributed by atoms with Crippen molar-refractivity contribution in [1.29, 1.82) is 0 Å². The number of aromatic amines is 1. The molecule has 0 atom stereocenters. The maximum atomic E-state index is 11.9. The number of hydrogen-bond acceptors (Lipinski definition) is 3. The van der Waals surface area contributed by atoms with Crippen LogP contribution in [0.25, 0.3) is 16.6 Å². The summed E-state index contributed by atoms with van der Waals surface area (Å²) in [5.41, 5.74) is 2.74. The molecule has 3 rings (SSSR count). The Morgan fingerprint density at radius 1 is 1.21 bits per heavy atom. The monoisotopic (exact) mass is 274 g/mol. The molecule has 0 bridgehead atoms. The zero-order valence-electron chi connectivity index (χ0n) is 10.4. The zero-order chi connectivity index (χ0) is 13.6. The van der Waals surface area contributed by atoms with E-state index in [1.54, 1.807) is 16.8 Å². The average Bonchev–Trinajstić information content (AvgIpc) is 2.74. The quantitative estimate of drug-likeness (QED) is 0.741. The molecule has 1 aromatic carbocycles. The van der Waals surface area contributed by atoms with Crippen LogP contribution in [0.4, 0.5) is 0 Å². The van der Waals surface area contributed by atoms with E-state index >= 15 is 0 Å². The number of fused-ring (bicyclic) bond motifs is 1. The lowest BCUT2D eigenvalue weighted by atomic mass is 10.2. The van der Waals surface area contributed by atoms with Crippen molar-refractivity contribution in [2.24, 2.45) is 0 Å². The third-order valence-electron chi connectivity index (χ3n) is 3.08. The first-order valence-corrected chi connectivity index (χ1v) is 6.16. The molecule has 6 heteroatoms. The van der Waals surface area contributed by atoms with Crippen LogP contribution in [0.3, 0.4) is 0 Å². The van der Waals surface area contributed by atoms with E-state index in [1.807, 2.05) is 26.0 Å². The van der Waals surface area contributed by atoms with Crippen molar-refractivity contribution in [3.8, 4) is 5.69 Å². The van der Waals surface area contributed by atoms with Crippen molar-refractivity contribution in [3.05, 3.63) is 51.0 Å². The van der Waals surface area contributed by atoms with Gasteiger partial charge in [0.2, 0.25) is 0 Å². The van der Waals surface area contributed by atoms with Crippen molar-refractivity contribution in [1.82, 2.24) is 20.0 Å². The maximum Gasteiger partial charge on any atom is 0.275 e. The van der Waals surface area contributed by atoms with Gasteiger partial charge < -0.3 is 0 Å². The second-order valence-electron chi connectivity index (χ2n) is 4.34. The molecular formula is C13H11ClN4O. The number of aromatic nitrogens is 4. The fourth-order valence-corrected chi connectivity index (χ4v) is 2.23. The van der Waals surface area contributed by atoms with Crippen LogP contribution < -0.4 is 5.56 Å². The number of nitrogens with one attached hydrogen (secondary N) is 1. The number of benzene rings is 1. The predicted octanol–water partition coefficient (Wildman–Crippen LogP) is 2.38. The van der Waals surface area contributed by atoms with Crippen molar-refractivity contribution in [2.75, 3.05) is 0 Å². The number of H-pyrrole nitrogens is 1. The number of aryl methyl sites for hydroxylation is 2. The minimum Gasteiger partial charge on any atom is -0.267 e. The van der Waals surface area contributed by atoms with Crippen molar-refractivity contribution < 1.29 is 0 Å². The summed E-state index contributed by atoms with van der Waals surface area (Å²) in [7, 11) is 0. The molecule has 2 aromatic heterocycles. The van der Waals surface area contributed by atoms with Crippen LogP contribution in [-0.2, 0) is 0 Å². The van der Waals surface area contributed by atoms with Gasteiger partial charge in [0, 0.05) is 5.02 Å². The molecule has 5 nitrogen and oxygen atoms in total. The number of hydrogen-bond donors (Lipinski definition) is 1. The van der Waals surface area contributed by atoms with Crippen LogP contribution in [0.1, 0.15) is 11.4 Å². The molecule has 3 aromatic rings. The summed E-state index contributed by atoms with van der Waals surface area (Å²) in [6.07, 6.45) is 0. The van der Waals surface area contributed by atoms with Crippen molar-refractivity contribution >= 4 is 22.5 Å². The molecule has 0 amide bonds. The smallest absolute Gasteiger partial charge is 0.267 e. The fraction of sp³-hybridized carbons (Fsp3) is 0.154. The van der Waals surface area contributed by atoms with Crippen LogP contribution in [0.5, 0.6) is 0 Å². The first kappa shape index (κ1) is 11.9.